The van der Waals surface area contributed by atoms with E-state index in [1.165, 1.54) is 28.8 Å². The second-order valence-corrected chi connectivity index (χ2v) is 5.40. The van der Waals surface area contributed by atoms with Crippen molar-refractivity contribution in [1.29, 1.82) is 0 Å². The first kappa shape index (κ1) is 14.5. The van der Waals surface area contributed by atoms with Gasteiger partial charge in [0.15, 0.2) is 5.16 Å². The topological polar surface area (TPSA) is 91.7 Å². The van der Waals surface area contributed by atoms with Crippen molar-refractivity contribution in [2.24, 2.45) is 0 Å². The Morgan fingerprint density at radius 3 is 2.75 bits per heavy atom. The molecule has 2 aromatic rings. The van der Waals surface area contributed by atoms with Crippen LogP contribution in [0.1, 0.15) is 32.6 Å². The minimum atomic E-state index is -0.458. The van der Waals surface area contributed by atoms with Crippen LogP contribution in [-0.4, -0.2) is 29.5 Å². The smallest absolute Gasteiger partial charge is 0.303 e. The standard InChI is InChI=1S/C11H16N6O2S/c1-4-10-13-14-11(16(10)8(2)3)20-7-15-6-9(5-12-15)17(18)19/h5-6,8H,4,7H2,1-3H3. The molecule has 2 heterocycles. The zero-order valence-corrected chi connectivity index (χ0v) is 12.4. The van der Waals surface area contributed by atoms with E-state index in [1.807, 2.05) is 6.92 Å². The van der Waals surface area contributed by atoms with Gasteiger partial charge in [-0.2, -0.15) is 5.10 Å². The molecule has 108 valence electrons. The number of thioether (sulfide) groups is 1. The molecule has 20 heavy (non-hydrogen) atoms. The van der Waals surface area contributed by atoms with Gasteiger partial charge >= 0.3 is 5.69 Å². The Labute approximate surface area is 120 Å². The molecule has 0 fully saturated rings. The molecular weight excluding hydrogens is 280 g/mol. The summed E-state index contributed by atoms with van der Waals surface area (Å²) in [7, 11) is 0. The number of aromatic nitrogens is 5. The first-order valence-corrected chi connectivity index (χ1v) is 7.25. The second kappa shape index (κ2) is 6.04. The van der Waals surface area contributed by atoms with Crippen molar-refractivity contribution in [2.45, 2.75) is 44.3 Å². The number of aryl methyl sites for hydroxylation is 1. The van der Waals surface area contributed by atoms with Gasteiger partial charge in [0.2, 0.25) is 0 Å². The maximum atomic E-state index is 10.6. The lowest BCUT2D eigenvalue weighted by atomic mass is 10.3. The molecule has 0 aliphatic carbocycles. The zero-order chi connectivity index (χ0) is 14.7. The van der Waals surface area contributed by atoms with Crippen LogP contribution in [0.15, 0.2) is 17.6 Å². The van der Waals surface area contributed by atoms with Gasteiger partial charge in [-0.3, -0.25) is 14.8 Å². The Morgan fingerprint density at radius 2 is 2.20 bits per heavy atom. The molecule has 0 aromatic carbocycles. The zero-order valence-electron chi connectivity index (χ0n) is 11.6. The van der Waals surface area contributed by atoms with Gasteiger partial charge in [-0.25, -0.2) is 0 Å². The van der Waals surface area contributed by atoms with Crippen molar-refractivity contribution in [3.05, 3.63) is 28.3 Å². The van der Waals surface area contributed by atoms with Crippen molar-refractivity contribution in [1.82, 2.24) is 24.5 Å². The molecule has 0 saturated carbocycles. The first-order chi connectivity index (χ1) is 9.52. The van der Waals surface area contributed by atoms with Crippen molar-refractivity contribution in [2.75, 3.05) is 0 Å². The largest absolute Gasteiger partial charge is 0.307 e. The summed E-state index contributed by atoms with van der Waals surface area (Å²) in [5, 5.41) is 23.7. The minimum absolute atomic E-state index is 0.00910. The van der Waals surface area contributed by atoms with E-state index < -0.39 is 4.92 Å². The summed E-state index contributed by atoms with van der Waals surface area (Å²) in [5.74, 6) is 1.40. The Balaban J connectivity index is 2.10. The van der Waals surface area contributed by atoms with Gasteiger partial charge in [-0.1, -0.05) is 18.7 Å². The van der Waals surface area contributed by atoms with Gasteiger partial charge in [-0.05, 0) is 13.8 Å². The average molecular weight is 296 g/mol. The minimum Gasteiger partial charge on any atom is -0.303 e. The van der Waals surface area contributed by atoms with Crippen LogP contribution in [0.5, 0.6) is 0 Å². The van der Waals surface area contributed by atoms with Gasteiger partial charge in [0.25, 0.3) is 0 Å². The molecule has 0 aliphatic rings. The number of rotatable bonds is 6. The van der Waals surface area contributed by atoms with Gasteiger partial charge < -0.3 is 4.57 Å². The second-order valence-electron chi connectivity index (χ2n) is 4.48. The quantitative estimate of drug-likeness (QED) is 0.461. The lowest BCUT2D eigenvalue weighted by molar-refractivity contribution is -0.385. The molecule has 8 nitrogen and oxygen atoms in total. The molecule has 0 amide bonds. The number of nitro groups is 1. The SMILES string of the molecule is CCc1nnc(SCn2cc([N+](=O)[O-])cn2)n1C(C)C. The Hall–Kier alpha value is -1.90. The fourth-order valence-electron chi connectivity index (χ4n) is 1.81. The summed E-state index contributed by atoms with van der Waals surface area (Å²) in [6.45, 7) is 6.19. The summed E-state index contributed by atoms with van der Waals surface area (Å²) in [4.78, 5) is 10.1. The maximum Gasteiger partial charge on any atom is 0.307 e. The maximum absolute atomic E-state index is 10.6. The fraction of sp³-hybridized carbons (Fsp3) is 0.545. The van der Waals surface area contributed by atoms with Crippen molar-refractivity contribution >= 4 is 17.4 Å². The van der Waals surface area contributed by atoms with Crippen LogP contribution in [0.2, 0.25) is 0 Å². The molecule has 9 heteroatoms. The molecule has 0 spiro atoms. The van der Waals surface area contributed by atoms with E-state index in [-0.39, 0.29) is 11.7 Å². The van der Waals surface area contributed by atoms with Crippen molar-refractivity contribution in [3.63, 3.8) is 0 Å². The molecule has 0 bridgehead atoms. The van der Waals surface area contributed by atoms with Gasteiger partial charge in [0, 0.05) is 12.5 Å². The third-order valence-corrected chi connectivity index (χ3v) is 3.65. The van der Waals surface area contributed by atoms with E-state index >= 15 is 0 Å². The van der Waals surface area contributed by atoms with Crippen molar-refractivity contribution < 1.29 is 4.92 Å². The van der Waals surface area contributed by atoms with Gasteiger partial charge in [0.05, 0.1) is 10.8 Å². The van der Waals surface area contributed by atoms with E-state index in [2.05, 4.69) is 33.7 Å². The van der Waals surface area contributed by atoms with E-state index in [0.717, 1.165) is 17.4 Å². The summed E-state index contributed by atoms with van der Waals surface area (Å²) >= 11 is 1.46. The average Bonchev–Trinajstić information content (AvgIpc) is 3.02. The van der Waals surface area contributed by atoms with Crippen LogP contribution in [0.3, 0.4) is 0 Å². The molecule has 0 radical (unpaired) electrons. The summed E-state index contributed by atoms with van der Waals surface area (Å²) in [6, 6.07) is 0.273. The van der Waals surface area contributed by atoms with Crippen LogP contribution in [0.25, 0.3) is 0 Å². The Bertz CT molecular complexity index is 606. The third kappa shape index (κ3) is 2.98. The number of hydrogen-bond acceptors (Lipinski definition) is 6. The predicted molar refractivity (Wildman–Crippen MR) is 74.5 cm³/mol. The van der Waals surface area contributed by atoms with E-state index in [0.29, 0.717) is 5.88 Å². The molecule has 2 aromatic heterocycles. The Morgan fingerprint density at radius 1 is 1.45 bits per heavy atom. The summed E-state index contributed by atoms with van der Waals surface area (Å²) < 4.78 is 3.59. The van der Waals surface area contributed by atoms with Gasteiger partial charge in [-0.15, -0.1) is 10.2 Å². The van der Waals surface area contributed by atoms with Crippen LogP contribution in [0.4, 0.5) is 5.69 Å². The molecule has 0 unspecified atom stereocenters. The highest BCUT2D eigenvalue weighted by Crippen LogP contribution is 2.23. The predicted octanol–water partition coefficient (Wildman–Crippen LogP) is 2.28. The van der Waals surface area contributed by atoms with E-state index in [4.69, 9.17) is 0 Å². The molecule has 0 N–H and O–H groups in total. The molecule has 0 aliphatic heterocycles. The highest BCUT2D eigenvalue weighted by molar-refractivity contribution is 7.98. The van der Waals surface area contributed by atoms with Crippen LogP contribution >= 0.6 is 11.8 Å². The fourth-order valence-corrected chi connectivity index (χ4v) is 2.75. The lowest BCUT2D eigenvalue weighted by Crippen LogP contribution is -2.07. The molecule has 0 saturated heterocycles. The van der Waals surface area contributed by atoms with Crippen LogP contribution < -0.4 is 0 Å². The molecule has 0 atom stereocenters. The summed E-state index contributed by atoms with van der Waals surface area (Å²) in [5.41, 5.74) is -0.00910. The van der Waals surface area contributed by atoms with Crippen molar-refractivity contribution in [3.8, 4) is 0 Å². The monoisotopic (exact) mass is 296 g/mol. The number of nitrogens with zero attached hydrogens (tertiary/aromatic N) is 6. The summed E-state index contributed by atoms with van der Waals surface area (Å²) in [6.07, 6.45) is 3.47. The van der Waals surface area contributed by atoms with E-state index in [1.54, 1.807) is 0 Å². The normalized spacial score (nSPS) is 11.2. The van der Waals surface area contributed by atoms with E-state index in [9.17, 15) is 10.1 Å². The van der Waals surface area contributed by atoms with Crippen LogP contribution in [-0.2, 0) is 12.3 Å². The van der Waals surface area contributed by atoms with Gasteiger partial charge in [0.1, 0.15) is 18.2 Å². The molecular formula is C11H16N6O2S. The first-order valence-electron chi connectivity index (χ1n) is 6.26. The highest BCUT2D eigenvalue weighted by atomic mass is 32.2. The third-order valence-electron chi connectivity index (χ3n) is 2.72. The number of hydrogen-bond donors (Lipinski definition) is 0. The lowest BCUT2D eigenvalue weighted by Gasteiger charge is -2.12. The highest BCUT2D eigenvalue weighted by Gasteiger charge is 2.15. The van der Waals surface area contributed by atoms with Crippen LogP contribution in [0, 0.1) is 10.1 Å². The Kier molecular flexibility index (Phi) is 4.38. The molecule has 2 rings (SSSR count).